The molecule has 3 atom stereocenters. The average Bonchev–Trinajstić information content (AvgIpc) is 3.37. The third kappa shape index (κ3) is 3.55. The summed E-state index contributed by atoms with van der Waals surface area (Å²) in [6.07, 6.45) is 2.10. The van der Waals surface area contributed by atoms with Gasteiger partial charge in [0, 0.05) is 35.8 Å². The van der Waals surface area contributed by atoms with Crippen molar-refractivity contribution < 1.29 is 13.2 Å². The van der Waals surface area contributed by atoms with Crippen LogP contribution in [0.3, 0.4) is 0 Å². The lowest BCUT2D eigenvalue weighted by molar-refractivity contribution is -0.122. The van der Waals surface area contributed by atoms with Gasteiger partial charge >= 0.3 is 0 Å². The minimum Gasteiger partial charge on any atom is -0.307 e. The number of hydrogen-bond donors (Lipinski definition) is 0. The highest BCUT2D eigenvalue weighted by Gasteiger charge is 2.48. The normalized spacial score (nSPS) is 26.2. The summed E-state index contributed by atoms with van der Waals surface area (Å²) in [5.41, 5.74) is 3.33. The molecule has 2 aromatic carbocycles. The number of piperidine rings is 1. The molecule has 0 saturated carbocycles. The molecule has 0 aromatic heterocycles. The molecule has 8 heteroatoms. The molecule has 0 N–H and O–H groups in total. The van der Waals surface area contributed by atoms with Crippen molar-refractivity contribution in [2.24, 2.45) is 0 Å². The Morgan fingerprint density at radius 2 is 1.81 bits per heavy atom. The largest absolute Gasteiger partial charge is 0.307 e. The number of benzene rings is 2. The quantitative estimate of drug-likeness (QED) is 0.682. The Bertz CT molecular complexity index is 1150. The van der Waals surface area contributed by atoms with Gasteiger partial charge in [-0.05, 0) is 75.7 Å². The second-order valence-electron chi connectivity index (χ2n) is 9.22. The predicted molar refractivity (Wildman–Crippen MR) is 126 cm³/mol. The van der Waals surface area contributed by atoms with Crippen molar-refractivity contribution in [1.29, 1.82) is 0 Å². The minimum absolute atomic E-state index is 0.0798. The van der Waals surface area contributed by atoms with Gasteiger partial charge in [-0.1, -0.05) is 29.3 Å². The minimum atomic E-state index is -3.78. The second-order valence-corrected chi connectivity index (χ2v) is 11.5. The van der Waals surface area contributed by atoms with Crippen molar-refractivity contribution in [3.05, 3.63) is 58.6 Å². The number of sulfonamides is 1. The van der Waals surface area contributed by atoms with Crippen molar-refractivity contribution in [1.82, 2.24) is 9.21 Å². The third-order valence-corrected chi connectivity index (χ3v) is 9.27. The lowest BCUT2D eigenvalue weighted by Gasteiger charge is -2.38. The van der Waals surface area contributed by atoms with E-state index in [2.05, 4.69) is 24.9 Å². The van der Waals surface area contributed by atoms with E-state index >= 15 is 0 Å². The van der Waals surface area contributed by atoms with Gasteiger partial charge in [-0.25, -0.2) is 8.42 Å². The third-order valence-electron chi connectivity index (χ3n) is 7.10. The number of likely N-dealkylation sites (tertiary alicyclic amines) is 1. The molecule has 32 heavy (non-hydrogen) atoms. The molecule has 2 saturated heterocycles. The van der Waals surface area contributed by atoms with Crippen LogP contribution in [0.15, 0.2) is 47.4 Å². The lowest BCUT2D eigenvalue weighted by atomic mass is 9.88. The highest BCUT2D eigenvalue weighted by molar-refractivity contribution is 7.89. The number of nitrogens with zero attached hydrogens (tertiary/aromatic N) is 3. The zero-order valence-corrected chi connectivity index (χ0v) is 19.9. The van der Waals surface area contributed by atoms with Gasteiger partial charge in [0.1, 0.15) is 6.04 Å². The molecule has 5 rings (SSSR count). The Morgan fingerprint density at radius 3 is 2.56 bits per heavy atom. The van der Waals surface area contributed by atoms with Crippen molar-refractivity contribution in [2.45, 2.75) is 49.1 Å². The van der Waals surface area contributed by atoms with E-state index in [9.17, 15) is 13.2 Å². The standard InChI is InChI=1S/C24H28ClN3O3S/c1-16-5-10-21-19(14-16)20-15-26(2)13-11-22(20)28(21)24(29)23-4-3-12-27(23)32(30,31)18-8-6-17(25)7-9-18/h5-10,14,20,22-23H,3-4,11-13,15H2,1-2H3. The van der Waals surface area contributed by atoms with Crippen LogP contribution in [0, 0.1) is 6.92 Å². The van der Waals surface area contributed by atoms with Gasteiger partial charge in [0.15, 0.2) is 0 Å². The Kier molecular flexibility index (Phi) is 5.56. The number of fused-ring (bicyclic) bond motifs is 3. The van der Waals surface area contributed by atoms with Gasteiger partial charge in [-0.3, -0.25) is 4.79 Å². The molecular weight excluding hydrogens is 446 g/mol. The predicted octanol–water partition coefficient (Wildman–Crippen LogP) is 3.64. The number of amides is 1. The van der Waals surface area contributed by atoms with Crippen molar-refractivity contribution in [3.63, 3.8) is 0 Å². The van der Waals surface area contributed by atoms with E-state index < -0.39 is 16.1 Å². The lowest BCUT2D eigenvalue weighted by Crippen LogP contribution is -2.53. The fourth-order valence-electron chi connectivity index (χ4n) is 5.55. The highest BCUT2D eigenvalue weighted by Crippen LogP contribution is 2.46. The first-order chi connectivity index (χ1) is 15.3. The van der Waals surface area contributed by atoms with Crippen LogP contribution in [0.1, 0.15) is 36.3 Å². The fraction of sp³-hybridized carbons (Fsp3) is 0.458. The van der Waals surface area contributed by atoms with Crippen molar-refractivity contribution in [3.8, 4) is 0 Å². The van der Waals surface area contributed by atoms with Crippen molar-refractivity contribution in [2.75, 3.05) is 31.6 Å². The smallest absolute Gasteiger partial charge is 0.245 e. The SMILES string of the molecule is Cc1ccc2c(c1)C1CN(C)CCC1N2C(=O)C1CCCN1S(=O)(=O)c1ccc(Cl)cc1. The first-order valence-electron chi connectivity index (χ1n) is 11.2. The van der Waals surface area contributed by atoms with Gasteiger partial charge in [0.05, 0.1) is 4.90 Å². The number of carbonyl (C=O) groups is 1. The second kappa shape index (κ2) is 8.13. The van der Waals surface area contributed by atoms with Crippen LogP contribution in [-0.2, 0) is 14.8 Å². The molecule has 0 radical (unpaired) electrons. The van der Waals surface area contributed by atoms with E-state index in [0.29, 0.717) is 24.4 Å². The molecule has 3 aliphatic heterocycles. The van der Waals surface area contributed by atoms with Crippen LogP contribution in [-0.4, -0.2) is 62.3 Å². The summed E-state index contributed by atoms with van der Waals surface area (Å²) >= 11 is 5.95. The molecule has 1 amide bonds. The maximum absolute atomic E-state index is 14.0. The van der Waals surface area contributed by atoms with Crippen LogP contribution in [0.5, 0.6) is 0 Å². The molecule has 0 aliphatic carbocycles. The number of anilines is 1. The molecule has 170 valence electrons. The van der Waals surface area contributed by atoms with Gasteiger partial charge < -0.3 is 9.80 Å². The molecular formula is C24H28ClN3O3S. The number of halogens is 1. The highest BCUT2D eigenvalue weighted by atomic mass is 35.5. The average molecular weight is 474 g/mol. The van der Waals surface area contributed by atoms with Gasteiger partial charge in [0.25, 0.3) is 0 Å². The number of aryl methyl sites for hydroxylation is 1. The summed E-state index contributed by atoms with van der Waals surface area (Å²) in [6.45, 7) is 4.26. The summed E-state index contributed by atoms with van der Waals surface area (Å²) in [6, 6.07) is 11.8. The zero-order valence-electron chi connectivity index (χ0n) is 18.4. The number of carbonyl (C=O) groups excluding carboxylic acids is 1. The summed E-state index contributed by atoms with van der Waals surface area (Å²) < 4.78 is 28.2. The molecule has 3 aliphatic rings. The monoisotopic (exact) mass is 473 g/mol. The van der Waals surface area contributed by atoms with Crippen LogP contribution in [0.2, 0.25) is 5.02 Å². The first kappa shape index (κ1) is 21.9. The summed E-state index contributed by atoms with van der Waals surface area (Å²) in [4.78, 5) is 18.4. The molecule has 2 fully saturated rings. The van der Waals surface area contributed by atoms with E-state index in [-0.39, 0.29) is 22.8 Å². The molecule has 2 aromatic rings. The molecule has 0 bridgehead atoms. The van der Waals surface area contributed by atoms with E-state index in [1.807, 2.05) is 17.0 Å². The Morgan fingerprint density at radius 1 is 1.06 bits per heavy atom. The summed E-state index contributed by atoms with van der Waals surface area (Å²) in [5.74, 6) is 0.164. The van der Waals surface area contributed by atoms with Crippen LogP contribution < -0.4 is 4.90 Å². The van der Waals surface area contributed by atoms with E-state index in [0.717, 1.165) is 25.2 Å². The molecule has 3 heterocycles. The Hall–Kier alpha value is -1.93. The van der Waals surface area contributed by atoms with Gasteiger partial charge in [-0.2, -0.15) is 4.31 Å². The maximum atomic E-state index is 14.0. The summed E-state index contributed by atoms with van der Waals surface area (Å²) in [5, 5.41) is 0.482. The fourth-order valence-corrected chi connectivity index (χ4v) is 7.32. The first-order valence-corrected chi connectivity index (χ1v) is 13.0. The van der Waals surface area contributed by atoms with Crippen LogP contribution >= 0.6 is 11.6 Å². The number of rotatable bonds is 3. The van der Waals surface area contributed by atoms with Crippen LogP contribution in [0.4, 0.5) is 5.69 Å². The van der Waals surface area contributed by atoms with Crippen molar-refractivity contribution >= 4 is 33.2 Å². The van der Waals surface area contributed by atoms with E-state index in [1.54, 1.807) is 12.1 Å². The van der Waals surface area contributed by atoms with Crippen LogP contribution in [0.25, 0.3) is 0 Å². The Labute approximate surface area is 194 Å². The van der Waals surface area contributed by atoms with Gasteiger partial charge in [-0.15, -0.1) is 0 Å². The molecule has 3 unspecified atom stereocenters. The van der Waals surface area contributed by atoms with E-state index in [4.69, 9.17) is 11.6 Å². The summed E-state index contributed by atoms with van der Waals surface area (Å²) in [7, 11) is -1.66. The molecule has 0 spiro atoms. The topological polar surface area (TPSA) is 60.9 Å². The number of hydrogen-bond acceptors (Lipinski definition) is 4. The zero-order chi connectivity index (χ0) is 22.6. The van der Waals surface area contributed by atoms with E-state index in [1.165, 1.54) is 27.6 Å². The number of likely N-dealkylation sites (N-methyl/N-ethyl adjacent to an activating group) is 1. The van der Waals surface area contributed by atoms with Gasteiger partial charge in [0.2, 0.25) is 15.9 Å². The molecule has 6 nitrogen and oxygen atoms in total. The maximum Gasteiger partial charge on any atom is 0.245 e. The Balaban J connectivity index is 1.50.